The van der Waals surface area contributed by atoms with E-state index in [0.29, 0.717) is 46.2 Å². The van der Waals surface area contributed by atoms with Gasteiger partial charge in [-0.3, -0.25) is 18.2 Å². The van der Waals surface area contributed by atoms with Gasteiger partial charge in [0.15, 0.2) is 6.10 Å². The Morgan fingerprint density at radius 2 is 0.788 bits per heavy atom. The lowest BCUT2D eigenvalue weighted by Gasteiger charge is -2.46. The fourth-order valence-corrected chi connectivity index (χ4v) is 6.23. The maximum absolute atomic E-state index is 11.7. The fraction of sp³-hybridized carbons (Fsp3) is 1.00. The van der Waals surface area contributed by atoms with E-state index in [9.17, 15) is 54.6 Å². The zero-order valence-corrected chi connectivity index (χ0v) is 30.8. The molecule has 0 radical (unpaired) electrons. The number of rotatable bonds is 32. The Bertz CT molecular complexity index is 1190. The van der Waals surface area contributed by atoms with Gasteiger partial charge in [-0.1, -0.05) is 5.04 Å². The van der Waals surface area contributed by atoms with Crippen molar-refractivity contribution in [2.75, 3.05) is 99.6 Å². The highest BCUT2D eigenvalue weighted by molar-refractivity contribution is 7.81. The summed E-state index contributed by atoms with van der Waals surface area (Å²) >= 11 is 0. The van der Waals surface area contributed by atoms with Gasteiger partial charge in [0, 0.05) is 7.11 Å². The lowest BCUT2D eigenvalue weighted by atomic mass is 9.85. The van der Waals surface area contributed by atoms with Crippen LogP contribution in [-0.4, -0.2) is 187 Å². The van der Waals surface area contributed by atoms with E-state index in [4.69, 9.17) is 43.2 Å². The smallest absolute Gasteiger partial charge is 0.382 e. The molecule has 1 aliphatic rings. The largest absolute Gasteiger partial charge is 0.470 e. The Kier molecular flexibility index (Phi) is 24.4. The fourth-order valence-electron chi connectivity index (χ4n) is 4.11. The van der Waals surface area contributed by atoms with Crippen LogP contribution < -0.4 is 0 Å². The maximum Gasteiger partial charge on any atom is 0.470 e. The van der Waals surface area contributed by atoms with E-state index in [1.807, 2.05) is 0 Å². The molecule has 27 nitrogen and oxygen atoms in total. The zero-order valence-electron chi connectivity index (χ0n) is 27.4. The summed E-state index contributed by atoms with van der Waals surface area (Å²) in [6.07, 6.45) is -15.8. The molecule has 52 heavy (non-hydrogen) atoms. The predicted octanol–water partition coefficient (Wildman–Crippen LogP) is -2.75. The molecule has 4 unspecified atom stereocenters. The molecule has 31 heteroatoms. The minimum Gasteiger partial charge on any atom is -0.382 e. The molecule has 0 saturated heterocycles. The molecule has 0 aliphatic heterocycles. The van der Waals surface area contributed by atoms with Crippen LogP contribution in [0.4, 0.5) is 0 Å². The van der Waals surface area contributed by atoms with Crippen LogP contribution in [0.2, 0.25) is 0 Å². The monoisotopic (exact) mass is 854 g/mol. The average molecular weight is 855 g/mol. The Morgan fingerprint density at radius 1 is 0.481 bits per heavy atom. The van der Waals surface area contributed by atoms with Crippen molar-refractivity contribution in [3.63, 3.8) is 0 Å². The lowest BCUT2D eigenvalue weighted by Crippen LogP contribution is -2.67. The SMILES string of the molecule is COCCOCCOCCOCCOCCOCCOCCOC1C(OS(=O)(=O)O)[C@H](OP(=O)(O)O)C(OOO)C(OP(=O)(O)O)[C@@H]1OS(=O)(=O)O. The van der Waals surface area contributed by atoms with Gasteiger partial charge in [-0.2, -0.15) is 21.7 Å². The molecule has 0 spiro atoms. The van der Waals surface area contributed by atoms with E-state index >= 15 is 0 Å². The van der Waals surface area contributed by atoms with E-state index in [-0.39, 0.29) is 33.0 Å². The number of phosphoric ester groups is 2. The summed E-state index contributed by atoms with van der Waals surface area (Å²) in [4.78, 5) is 41.8. The first kappa shape index (κ1) is 49.5. The van der Waals surface area contributed by atoms with Crippen LogP contribution in [0.15, 0.2) is 0 Å². The summed E-state index contributed by atoms with van der Waals surface area (Å²) < 4.78 is 148. The van der Waals surface area contributed by atoms with Crippen molar-refractivity contribution < 1.29 is 125 Å². The van der Waals surface area contributed by atoms with E-state index < -0.39 is 86.3 Å². The number of phosphoric acid groups is 2. The first-order valence-electron chi connectivity index (χ1n) is 14.6. The van der Waals surface area contributed by atoms with Gasteiger partial charge in [0.2, 0.25) is 0 Å². The first-order valence-corrected chi connectivity index (χ1v) is 20.4. The third-order valence-corrected chi connectivity index (χ3v) is 7.88. The summed E-state index contributed by atoms with van der Waals surface area (Å²) in [5.74, 6) is 0. The predicted molar refractivity (Wildman–Crippen MR) is 162 cm³/mol. The highest BCUT2D eigenvalue weighted by Gasteiger charge is 2.61. The first-order chi connectivity index (χ1) is 24.3. The van der Waals surface area contributed by atoms with Crippen molar-refractivity contribution in [3.8, 4) is 0 Å². The quantitative estimate of drug-likeness (QED) is 0.0119. The summed E-state index contributed by atoms with van der Waals surface area (Å²) in [5, 5.41) is 12.2. The second kappa shape index (κ2) is 25.6. The molecule has 1 saturated carbocycles. The third-order valence-electron chi connectivity index (χ3n) is 5.91. The van der Waals surface area contributed by atoms with Crippen LogP contribution >= 0.6 is 15.6 Å². The number of ether oxygens (including phenoxy) is 8. The van der Waals surface area contributed by atoms with E-state index in [0.717, 1.165) is 0 Å². The van der Waals surface area contributed by atoms with Crippen molar-refractivity contribution in [1.82, 2.24) is 0 Å². The van der Waals surface area contributed by atoms with Crippen LogP contribution in [0.5, 0.6) is 0 Å². The zero-order chi connectivity index (χ0) is 39.3. The van der Waals surface area contributed by atoms with Crippen LogP contribution in [0.25, 0.3) is 0 Å². The molecular weight excluding hydrogens is 810 g/mol. The van der Waals surface area contributed by atoms with Crippen LogP contribution in [-0.2, 0) is 95.2 Å². The van der Waals surface area contributed by atoms with Gasteiger partial charge in [0.05, 0.1) is 92.5 Å². The second-order valence-corrected chi connectivity index (χ2v) is 14.2. The summed E-state index contributed by atoms with van der Waals surface area (Å²) in [6, 6.07) is 0. The molecule has 0 aromatic rings. The van der Waals surface area contributed by atoms with Gasteiger partial charge in [-0.25, -0.2) is 22.8 Å². The van der Waals surface area contributed by atoms with Crippen LogP contribution in [0, 0.1) is 0 Å². The summed E-state index contributed by atoms with van der Waals surface area (Å²) in [5.41, 5.74) is 0. The molecule has 0 bridgehead atoms. The van der Waals surface area contributed by atoms with Crippen LogP contribution in [0.1, 0.15) is 0 Å². The van der Waals surface area contributed by atoms with Gasteiger partial charge >= 0.3 is 36.4 Å². The topological polar surface area (TPSA) is 373 Å². The summed E-state index contributed by atoms with van der Waals surface area (Å²) in [7, 11) is -21.3. The second-order valence-electron chi connectivity index (χ2n) is 9.74. The molecule has 312 valence electrons. The third kappa shape index (κ3) is 24.1. The highest BCUT2D eigenvalue weighted by Crippen LogP contribution is 2.48. The van der Waals surface area contributed by atoms with E-state index in [1.54, 1.807) is 7.11 Å². The van der Waals surface area contributed by atoms with Crippen molar-refractivity contribution in [3.05, 3.63) is 0 Å². The van der Waals surface area contributed by atoms with Gasteiger partial charge in [0.1, 0.15) is 30.5 Å². The van der Waals surface area contributed by atoms with Crippen molar-refractivity contribution in [2.45, 2.75) is 36.6 Å². The van der Waals surface area contributed by atoms with Crippen LogP contribution in [0.3, 0.4) is 0 Å². The van der Waals surface area contributed by atoms with Crippen molar-refractivity contribution in [1.29, 1.82) is 0 Å². The van der Waals surface area contributed by atoms with Gasteiger partial charge < -0.3 is 57.5 Å². The molecule has 1 fully saturated rings. The van der Waals surface area contributed by atoms with Gasteiger partial charge in [-0.15, -0.1) is 0 Å². The molecule has 0 aromatic carbocycles. The molecule has 6 atom stereocenters. The summed E-state index contributed by atoms with van der Waals surface area (Å²) in [6.45, 7) is 2.32. The molecule has 0 aromatic heterocycles. The molecule has 1 aliphatic carbocycles. The highest BCUT2D eigenvalue weighted by atomic mass is 32.3. The maximum atomic E-state index is 11.7. The van der Waals surface area contributed by atoms with E-state index in [2.05, 4.69) is 27.3 Å². The Morgan fingerprint density at radius 3 is 1.06 bits per heavy atom. The normalized spacial score (nSPS) is 23.3. The van der Waals surface area contributed by atoms with Crippen molar-refractivity contribution in [2.24, 2.45) is 0 Å². The van der Waals surface area contributed by atoms with Crippen molar-refractivity contribution >= 4 is 36.4 Å². The molecular formula is C21H44O27P2S2. The Hall–Kier alpha value is -0.480. The Balaban J connectivity index is 2.70. The minimum atomic E-state index is -5.78. The number of hydrogen-bond acceptors (Lipinski definition) is 21. The molecule has 1 rings (SSSR count). The Labute approximate surface area is 297 Å². The van der Waals surface area contributed by atoms with Gasteiger partial charge in [0.25, 0.3) is 0 Å². The average Bonchev–Trinajstić information content (AvgIpc) is 3.00. The van der Waals surface area contributed by atoms with E-state index in [1.165, 1.54) is 0 Å². The molecule has 0 amide bonds. The standard InChI is InChI=1S/C21H44O27P2S2/c1-35-2-3-36-4-5-37-6-7-38-8-9-39-10-11-40-12-13-41-14-15-42-16-20(46-51(29,30)31)18(44-49(23,24)25)17(43-48-22)19(45-50(26,27)28)21(16)47-52(32,33)34/h16-22H,2-15H2,1H3,(H2,23,24,25)(H2,26,27,28)(H,29,30,31)(H,32,33,34)/t16?,17?,18-,19?,20?,21-/m1/s1. The minimum absolute atomic E-state index is 0.00930. The molecule has 0 heterocycles. The number of hydrogen-bond donors (Lipinski definition) is 7. The number of methoxy groups -OCH3 is 1. The van der Waals surface area contributed by atoms with Gasteiger partial charge in [-0.05, 0) is 0 Å². The molecule has 7 N–H and O–H groups in total. The lowest BCUT2D eigenvalue weighted by molar-refractivity contribution is -0.520.